The van der Waals surface area contributed by atoms with Crippen molar-refractivity contribution in [2.45, 2.75) is 108 Å². The number of benzene rings is 1. The van der Waals surface area contributed by atoms with Crippen molar-refractivity contribution in [1.82, 2.24) is 34.3 Å². The lowest BCUT2D eigenvalue weighted by Gasteiger charge is -2.37. The number of nitrogens with one attached hydrogen (secondary N) is 1. The molecule has 0 radical (unpaired) electrons. The van der Waals surface area contributed by atoms with Crippen molar-refractivity contribution in [2.75, 3.05) is 13.7 Å². The summed E-state index contributed by atoms with van der Waals surface area (Å²) in [5.41, 5.74) is 8.98. The number of carbonyl (C=O) groups excluding carboxylic acids is 2. The molecule has 2 amide bonds. The molecule has 4 aromatic heterocycles. The van der Waals surface area contributed by atoms with Crippen LogP contribution in [0.25, 0.3) is 33.6 Å². The maximum atomic E-state index is 16.6. The number of hydrogen-bond acceptors (Lipinski definition) is 7. The minimum atomic E-state index is -2.23. The molecule has 9 rings (SSSR count). The van der Waals surface area contributed by atoms with Gasteiger partial charge < -0.3 is 29.8 Å². The van der Waals surface area contributed by atoms with Crippen LogP contribution >= 0.6 is 0 Å². The Kier molecular flexibility index (Phi) is 8.48. The molecular weight excluding hydrogens is 672 g/mol. The summed E-state index contributed by atoms with van der Waals surface area (Å²) < 4.78 is 27.2. The number of aryl methyl sites for hydroxylation is 1. The number of nitrogens with two attached hydrogens (primary N) is 1. The van der Waals surface area contributed by atoms with Crippen LogP contribution in [-0.2, 0) is 17.0 Å². The lowest BCUT2D eigenvalue weighted by molar-refractivity contribution is -0.135. The summed E-state index contributed by atoms with van der Waals surface area (Å²) in [5, 5.41) is 3.88. The van der Waals surface area contributed by atoms with Crippen LogP contribution in [0.5, 0.6) is 5.75 Å². The van der Waals surface area contributed by atoms with Gasteiger partial charge in [0.2, 0.25) is 5.67 Å². The van der Waals surface area contributed by atoms with Gasteiger partial charge in [0, 0.05) is 48.4 Å². The van der Waals surface area contributed by atoms with Gasteiger partial charge in [-0.25, -0.2) is 14.4 Å². The molecule has 1 aromatic carbocycles. The van der Waals surface area contributed by atoms with Crippen molar-refractivity contribution in [3.05, 3.63) is 71.7 Å². The summed E-state index contributed by atoms with van der Waals surface area (Å²) in [6, 6.07) is 14.9. The van der Waals surface area contributed by atoms with Crippen molar-refractivity contribution in [1.29, 1.82) is 0 Å². The van der Waals surface area contributed by atoms with E-state index in [0.29, 0.717) is 42.4 Å². The molecule has 276 valence electrons. The van der Waals surface area contributed by atoms with E-state index < -0.39 is 17.6 Å². The Labute approximate surface area is 308 Å². The molecule has 2 saturated carbocycles. The number of imidazole rings is 1. The molecule has 11 nitrogen and oxygen atoms in total. The highest BCUT2D eigenvalue weighted by molar-refractivity contribution is 6.00. The third-order valence-electron chi connectivity index (χ3n) is 12.2. The van der Waals surface area contributed by atoms with Crippen LogP contribution in [-0.4, -0.2) is 66.5 Å². The van der Waals surface area contributed by atoms with E-state index in [1.54, 1.807) is 25.3 Å². The van der Waals surface area contributed by atoms with Crippen molar-refractivity contribution in [2.24, 2.45) is 11.7 Å². The zero-order chi connectivity index (χ0) is 36.4. The van der Waals surface area contributed by atoms with Crippen LogP contribution in [0.15, 0.2) is 54.7 Å². The Morgan fingerprint density at radius 2 is 1.85 bits per heavy atom. The fourth-order valence-electron chi connectivity index (χ4n) is 9.07. The monoisotopic (exact) mass is 718 g/mol. The highest BCUT2D eigenvalue weighted by Gasteiger charge is 2.43. The lowest BCUT2D eigenvalue weighted by Crippen LogP contribution is -2.51. The Hall–Kier alpha value is -4.84. The number of carbonyl (C=O) groups is 2. The van der Waals surface area contributed by atoms with Gasteiger partial charge >= 0.3 is 0 Å². The molecule has 3 fully saturated rings. The molecule has 53 heavy (non-hydrogen) atoms. The molecule has 4 bridgehead atoms. The van der Waals surface area contributed by atoms with E-state index in [0.717, 1.165) is 85.0 Å². The first-order chi connectivity index (χ1) is 25.7. The second kappa shape index (κ2) is 13.2. The topological polar surface area (TPSA) is 133 Å². The average Bonchev–Trinajstić information content (AvgIpc) is 3.64. The first kappa shape index (κ1) is 34.0. The Morgan fingerprint density at radius 1 is 1.02 bits per heavy atom. The van der Waals surface area contributed by atoms with Crippen LogP contribution in [0.2, 0.25) is 0 Å². The third-order valence-corrected chi connectivity index (χ3v) is 12.2. The molecule has 2 aliphatic heterocycles. The minimum Gasteiger partial charge on any atom is -0.494 e. The minimum absolute atomic E-state index is 0.00554. The van der Waals surface area contributed by atoms with Crippen LogP contribution in [0.4, 0.5) is 4.39 Å². The Balaban J connectivity index is 1.12. The number of alkyl halides is 1. The van der Waals surface area contributed by atoms with E-state index in [-0.39, 0.29) is 36.1 Å². The van der Waals surface area contributed by atoms with Gasteiger partial charge in [-0.1, -0.05) is 18.9 Å². The van der Waals surface area contributed by atoms with Gasteiger partial charge in [-0.15, -0.1) is 0 Å². The number of amides is 2. The zero-order valence-corrected chi connectivity index (χ0v) is 30.4. The molecule has 12 heteroatoms. The molecular formula is C41H47FN8O3. The third kappa shape index (κ3) is 5.86. The number of rotatable bonds is 5. The van der Waals surface area contributed by atoms with Crippen molar-refractivity contribution in [3.8, 4) is 17.3 Å². The van der Waals surface area contributed by atoms with Crippen LogP contribution in [0, 0.1) is 5.92 Å². The van der Waals surface area contributed by atoms with Crippen LogP contribution in [0.3, 0.4) is 0 Å². The number of piperidine rings is 1. The number of pyridine rings is 2. The summed E-state index contributed by atoms with van der Waals surface area (Å²) in [7, 11) is 1.66. The molecule has 2 aliphatic carbocycles. The number of fused-ring (bicyclic) bond motifs is 4. The van der Waals surface area contributed by atoms with Gasteiger partial charge in [0.25, 0.3) is 11.8 Å². The largest absolute Gasteiger partial charge is 0.494 e. The first-order valence-electron chi connectivity index (χ1n) is 19.3. The molecule has 3 N–H and O–H groups in total. The standard InChI is InChI=1S/C41H47FN8O3/c1-24-31-15-11-26-21-33(48(37(26)46-31)18-8-4-3-6-16-41(42,40(52)45-24)35-9-5-7-17-44-35)38-47-32-20-27(22-34(53-2)36(32)50(38)28-13-14-28)39(51)49-23-30(43)25-10-12-29(49)19-25/h5,7,9,11,15,17,20-22,24-25,28-30H,3-4,6,8,10,12-14,16,18-19,23,43H2,1-2H3,(H,45,52)/t24-,25-,29+,30+,41+/m1/s1. The molecule has 1 saturated heterocycles. The number of halogens is 1. The van der Waals surface area contributed by atoms with E-state index in [2.05, 4.69) is 25.5 Å². The maximum absolute atomic E-state index is 16.6. The highest BCUT2D eigenvalue weighted by Crippen LogP contribution is 2.45. The van der Waals surface area contributed by atoms with E-state index in [9.17, 15) is 9.59 Å². The molecule has 4 aliphatic rings. The van der Waals surface area contributed by atoms with E-state index >= 15 is 4.39 Å². The summed E-state index contributed by atoms with van der Waals surface area (Å²) in [5.74, 6) is 1.25. The predicted octanol–water partition coefficient (Wildman–Crippen LogP) is 6.75. The number of ether oxygens (including phenoxy) is 1. The Morgan fingerprint density at radius 3 is 2.64 bits per heavy atom. The average molecular weight is 719 g/mol. The smallest absolute Gasteiger partial charge is 0.264 e. The summed E-state index contributed by atoms with van der Waals surface area (Å²) in [6.45, 7) is 3.11. The number of methoxy groups -OCH3 is 1. The van der Waals surface area contributed by atoms with Crippen molar-refractivity contribution < 1.29 is 18.7 Å². The summed E-state index contributed by atoms with van der Waals surface area (Å²) >= 11 is 0. The summed E-state index contributed by atoms with van der Waals surface area (Å²) in [6.07, 6.45) is 9.72. The highest BCUT2D eigenvalue weighted by atomic mass is 19.1. The Bertz CT molecular complexity index is 2210. The van der Waals surface area contributed by atoms with Gasteiger partial charge in [-0.3, -0.25) is 14.6 Å². The van der Waals surface area contributed by atoms with Crippen LogP contribution in [0.1, 0.15) is 105 Å². The molecule has 5 atom stereocenters. The molecule has 0 unspecified atom stereocenters. The quantitative estimate of drug-likeness (QED) is 0.206. The maximum Gasteiger partial charge on any atom is 0.264 e. The van der Waals surface area contributed by atoms with Gasteiger partial charge in [0.05, 0.1) is 35.8 Å². The second-order valence-corrected chi connectivity index (χ2v) is 15.6. The van der Waals surface area contributed by atoms with Gasteiger partial charge in [-0.05, 0) is 107 Å². The van der Waals surface area contributed by atoms with Gasteiger partial charge in [-0.2, -0.15) is 0 Å². The molecule has 5 aromatic rings. The number of likely N-dealkylation sites (tertiary alicyclic amines) is 1. The lowest BCUT2D eigenvalue weighted by atomic mass is 9.92. The normalized spacial score (nSPS) is 26.6. The summed E-state index contributed by atoms with van der Waals surface area (Å²) in [4.78, 5) is 44.3. The zero-order valence-electron chi connectivity index (χ0n) is 30.4. The molecule has 0 spiro atoms. The number of aromatic nitrogens is 5. The van der Waals surface area contributed by atoms with Crippen molar-refractivity contribution in [3.63, 3.8) is 0 Å². The number of nitrogens with zero attached hydrogens (tertiary/aromatic N) is 6. The second-order valence-electron chi connectivity index (χ2n) is 15.6. The number of hydrogen-bond donors (Lipinski definition) is 2. The predicted molar refractivity (Wildman–Crippen MR) is 200 cm³/mol. The van der Waals surface area contributed by atoms with E-state index in [1.807, 2.05) is 36.1 Å². The first-order valence-corrected chi connectivity index (χ1v) is 19.3. The van der Waals surface area contributed by atoms with E-state index in [1.165, 1.54) is 6.20 Å². The molecule has 6 heterocycles. The SMILES string of the molecule is COc1cc(C(=O)N2C[C@H](N)[C@@H]3CC[C@H]2C3)cc2nc(-c3cc4ccc5nc4n3CCCCCC[C@](F)(c3ccccn3)C(=O)N[C@@H]5C)n(C3CC3)c12. The van der Waals surface area contributed by atoms with Gasteiger partial charge in [0.1, 0.15) is 16.9 Å². The fourth-order valence-corrected chi connectivity index (χ4v) is 9.07. The fraction of sp³-hybridized carbons (Fsp3) is 0.488. The van der Waals surface area contributed by atoms with Gasteiger partial charge in [0.15, 0.2) is 5.82 Å². The van der Waals surface area contributed by atoms with Crippen molar-refractivity contribution >= 4 is 33.9 Å². The van der Waals surface area contributed by atoms with Crippen LogP contribution < -0.4 is 15.8 Å². The van der Waals surface area contributed by atoms with E-state index in [4.69, 9.17) is 20.4 Å².